The van der Waals surface area contributed by atoms with Crippen molar-refractivity contribution in [2.75, 3.05) is 0 Å². The molecule has 1 aliphatic heterocycles. The summed E-state index contributed by atoms with van der Waals surface area (Å²) in [6, 6.07) is 0.0687. The summed E-state index contributed by atoms with van der Waals surface area (Å²) in [5, 5.41) is 11.9. The lowest BCUT2D eigenvalue weighted by Gasteiger charge is -2.21. The predicted octanol–water partition coefficient (Wildman–Crippen LogP) is 0.987. The fourth-order valence-corrected chi connectivity index (χ4v) is 2.58. The van der Waals surface area contributed by atoms with E-state index in [1.165, 1.54) is 0 Å². The van der Waals surface area contributed by atoms with E-state index in [-0.39, 0.29) is 6.04 Å². The fraction of sp³-hybridized carbons (Fsp3) is 0.417. The Morgan fingerprint density at radius 2 is 2.35 bits per heavy atom. The average Bonchev–Trinajstić information content (AvgIpc) is 3.17. The normalized spacial score (nSPS) is 18.1. The van der Waals surface area contributed by atoms with Gasteiger partial charge in [0, 0.05) is 25.9 Å². The summed E-state index contributed by atoms with van der Waals surface area (Å²) < 4.78 is 9.13. The van der Waals surface area contributed by atoms with Crippen molar-refractivity contribution < 1.29 is 4.52 Å². The van der Waals surface area contributed by atoms with Crippen LogP contribution in [0.25, 0.3) is 11.5 Å². The average molecular weight is 271 g/mol. The van der Waals surface area contributed by atoms with E-state index in [1.807, 2.05) is 12.4 Å². The molecule has 0 aromatic carbocycles. The van der Waals surface area contributed by atoms with Crippen LogP contribution >= 0.6 is 0 Å². The van der Waals surface area contributed by atoms with Gasteiger partial charge < -0.3 is 9.09 Å². The molecule has 0 amide bonds. The highest BCUT2D eigenvalue weighted by atomic mass is 16.5. The Bertz CT molecular complexity index is 740. The molecule has 0 aliphatic carbocycles. The maximum Gasteiger partial charge on any atom is 0.250 e. The second kappa shape index (κ2) is 4.26. The minimum Gasteiger partial charge on any atom is -0.337 e. The summed E-state index contributed by atoms with van der Waals surface area (Å²) in [7, 11) is 1.80. The number of hydrogen-bond donors (Lipinski definition) is 0. The molecule has 1 unspecified atom stereocenters. The van der Waals surface area contributed by atoms with Crippen molar-refractivity contribution in [3.8, 4) is 11.5 Å². The molecule has 8 nitrogen and oxygen atoms in total. The fourth-order valence-electron chi connectivity index (χ4n) is 2.58. The van der Waals surface area contributed by atoms with Gasteiger partial charge >= 0.3 is 0 Å². The number of hydrogen-bond acceptors (Lipinski definition) is 6. The molecule has 0 spiro atoms. The van der Waals surface area contributed by atoms with E-state index in [1.54, 1.807) is 17.9 Å². The van der Waals surface area contributed by atoms with Crippen LogP contribution in [0.1, 0.15) is 30.6 Å². The van der Waals surface area contributed by atoms with Crippen molar-refractivity contribution in [1.82, 2.24) is 34.7 Å². The Morgan fingerprint density at radius 1 is 1.40 bits per heavy atom. The van der Waals surface area contributed by atoms with Crippen molar-refractivity contribution in [3.05, 3.63) is 30.3 Å². The molecule has 0 fully saturated rings. The van der Waals surface area contributed by atoms with Gasteiger partial charge in [-0.3, -0.25) is 4.68 Å². The van der Waals surface area contributed by atoms with Gasteiger partial charge in [-0.2, -0.15) is 4.98 Å². The molecule has 1 aliphatic rings. The van der Waals surface area contributed by atoms with E-state index in [2.05, 4.69) is 30.0 Å². The molecule has 0 radical (unpaired) electrons. The van der Waals surface area contributed by atoms with Gasteiger partial charge in [0.1, 0.15) is 11.9 Å². The zero-order valence-electron chi connectivity index (χ0n) is 11.0. The highest BCUT2D eigenvalue weighted by Gasteiger charge is 2.26. The van der Waals surface area contributed by atoms with Gasteiger partial charge in [-0.15, -0.1) is 5.10 Å². The van der Waals surface area contributed by atoms with Crippen LogP contribution in [-0.4, -0.2) is 34.7 Å². The minimum absolute atomic E-state index is 0.0687. The van der Waals surface area contributed by atoms with Crippen LogP contribution in [0.2, 0.25) is 0 Å². The Morgan fingerprint density at radius 3 is 3.20 bits per heavy atom. The molecule has 4 rings (SSSR count). The summed E-state index contributed by atoms with van der Waals surface area (Å²) >= 11 is 0. The van der Waals surface area contributed by atoms with Gasteiger partial charge in [0.25, 0.3) is 0 Å². The van der Waals surface area contributed by atoms with Crippen LogP contribution in [0.15, 0.2) is 23.1 Å². The molecular weight excluding hydrogens is 258 g/mol. The molecule has 0 N–H and O–H groups in total. The number of aromatic nitrogens is 7. The Balaban J connectivity index is 1.70. The smallest absolute Gasteiger partial charge is 0.250 e. The zero-order valence-corrected chi connectivity index (χ0v) is 11.0. The summed E-state index contributed by atoms with van der Waals surface area (Å²) in [5.41, 5.74) is 0.615. The van der Waals surface area contributed by atoms with Crippen molar-refractivity contribution in [3.63, 3.8) is 0 Å². The third kappa shape index (κ3) is 1.72. The van der Waals surface area contributed by atoms with E-state index in [0.29, 0.717) is 17.4 Å². The van der Waals surface area contributed by atoms with Crippen LogP contribution in [0.5, 0.6) is 0 Å². The molecule has 0 bridgehead atoms. The van der Waals surface area contributed by atoms with E-state index < -0.39 is 0 Å². The second-order valence-corrected chi connectivity index (χ2v) is 4.89. The standard InChI is InChI=1S/C12H13N7O/c1-18-7-8(15-17-18)11-14-12(20-16-11)9-3-2-4-10-13-5-6-19(9)10/h5-7,9H,2-4H2,1H3. The van der Waals surface area contributed by atoms with E-state index in [4.69, 9.17) is 4.52 Å². The number of aryl methyl sites for hydroxylation is 2. The summed E-state index contributed by atoms with van der Waals surface area (Å²) in [5.74, 6) is 2.14. The summed E-state index contributed by atoms with van der Waals surface area (Å²) in [6.45, 7) is 0. The van der Waals surface area contributed by atoms with Crippen molar-refractivity contribution >= 4 is 0 Å². The third-order valence-electron chi connectivity index (χ3n) is 3.52. The van der Waals surface area contributed by atoms with Gasteiger partial charge in [-0.1, -0.05) is 10.4 Å². The highest BCUT2D eigenvalue weighted by Crippen LogP contribution is 2.29. The quantitative estimate of drug-likeness (QED) is 0.690. The van der Waals surface area contributed by atoms with Crippen LogP contribution in [-0.2, 0) is 13.5 Å². The molecule has 3 aromatic heterocycles. The lowest BCUT2D eigenvalue weighted by Crippen LogP contribution is -2.18. The van der Waals surface area contributed by atoms with Crippen molar-refractivity contribution in [2.24, 2.45) is 7.05 Å². The molecule has 0 saturated heterocycles. The Kier molecular flexibility index (Phi) is 2.41. The molecule has 0 saturated carbocycles. The minimum atomic E-state index is 0.0687. The van der Waals surface area contributed by atoms with Crippen LogP contribution in [0.3, 0.4) is 0 Å². The molecule has 4 heterocycles. The first-order valence-electron chi connectivity index (χ1n) is 6.53. The lowest BCUT2D eigenvalue weighted by molar-refractivity contribution is 0.309. The van der Waals surface area contributed by atoms with E-state index in [0.717, 1.165) is 25.1 Å². The number of rotatable bonds is 2. The number of imidazole rings is 1. The van der Waals surface area contributed by atoms with Gasteiger partial charge in [-0.05, 0) is 12.8 Å². The molecular formula is C12H13N7O. The Hall–Kier alpha value is -2.51. The molecule has 20 heavy (non-hydrogen) atoms. The van der Waals surface area contributed by atoms with Gasteiger partial charge in [0.15, 0.2) is 5.69 Å². The van der Waals surface area contributed by atoms with Crippen LogP contribution in [0, 0.1) is 0 Å². The highest BCUT2D eigenvalue weighted by molar-refractivity contribution is 5.45. The van der Waals surface area contributed by atoms with Gasteiger partial charge in [0.05, 0.1) is 6.20 Å². The monoisotopic (exact) mass is 271 g/mol. The van der Waals surface area contributed by atoms with Crippen molar-refractivity contribution in [2.45, 2.75) is 25.3 Å². The number of fused-ring (bicyclic) bond motifs is 1. The predicted molar refractivity (Wildman–Crippen MR) is 67.6 cm³/mol. The van der Waals surface area contributed by atoms with Crippen molar-refractivity contribution in [1.29, 1.82) is 0 Å². The van der Waals surface area contributed by atoms with E-state index >= 15 is 0 Å². The topological polar surface area (TPSA) is 87.5 Å². The summed E-state index contributed by atoms with van der Waals surface area (Å²) in [4.78, 5) is 8.80. The van der Waals surface area contributed by atoms with Crippen LogP contribution in [0.4, 0.5) is 0 Å². The maximum absolute atomic E-state index is 5.41. The van der Waals surface area contributed by atoms with E-state index in [9.17, 15) is 0 Å². The SMILES string of the molecule is Cn1cc(-c2noc(C3CCCc4nccn43)n2)nn1. The zero-order chi connectivity index (χ0) is 13.5. The Labute approximate surface area is 114 Å². The molecule has 1 atom stereocenters. The first kappa shape index (κ1) is 11.3. The maximum atomic E-state index is 5.41. The largest absolute Gasteiger partial charge is 0.337 e. The van der Waals surface area contributed by atoms with Crippen LogP contribution < -0.4 is 0 Å². The molecule has 8 heteroatoms. The number of nitrogens with zero attached hydrogens (tertiary/aromatic N) is 7. The van der Waals surface area contributed by atoms with Gasteiger partial charge in [-0.25, -0.2) is 4.98 Å². The lowest BCUT2D eigenvalue weighted by atomic mass is 10.0. The molecule has 102 valence electrons. The second-order valence-electron chi connectivity index (χ2n) is 4.89. The van der Waals surface area contributed by atoms with Gasteiger partial charge in [0.2, 0.25) is 11.7 Å². The molecule has 3 aromatic rings. The third-order valence-corrected chi connectivity index (χ3v) is 3.52. The summed E-state index contributed by atoms with van der Waals surface area (Å²) in [6.07, 6.45) is 8.59. The first-order chi connectivity index (χ1) is 9.81. The first-order valence-corrected chi connectivity index (χ1v) is 6.53.